The first kappa shape index (κ1) is 19.4. The Kier molecular flexibility index (Phi) is 6.52. The van der Waals surface area contributed by atoms with Crippen LogP contribution >= 0.6 is 15.9 Å². The summed E-state index contributed by atoms with van der Waals surface area (Å²) in [6, 6.07) is 9.18. The molecule has 142 valence electrons. The lowest BCUT2D eigenvalue weighted by molar-refractivity contribution is -0.123. The van der Waals surface area contributed by atoms with Gasteiger partial charge in [0.25, 0.3) is 0 Å². The number of anilines is 2. The van der Waals surface area contributed by atoms with E-state index in [9.17, 15) is 14.0 Å². The average Bonchev–Trinajstić information content (AvgIpc) is 2.65. The maximum Gasteiger partial charge on any atom is 0.238 e. The molecule has 1 fully saturated rings. The molecule has 1 aliphatic heterocycles. The Hall–Kier alpha value is -2.32. The number of hydrogen-bond donors (Lipinski definition) is 2. The molecule has 3 rings (SSSR count). The summed E-state index contributed by atoms with van der Waals surface area (Å²) >= 11 is 3.31. The van der Waals surface area contributed by atoms with E-state index >= 15 is 0 Å². The summed E-state index contributed by atoms with van der Waals surface area (Å²) in [4.78, 5) is 30.8. The third-order valence-electron chi connectivity index (χ3n) is 4.35. The van der Waals surface area contributed by atoms with E-state index in [0.717, 1.165) is 23.9 Å². The van der Waals surface area contributed by atoms with E-state index in [1.807, 2.05) is 11.0 Å². The van der Waals surface area contributed by atoms with Crippen molar-refractivity contribution in [2.75, 3.05) is 30.3 Å². The van der Waals surface area contributed by atoms with Gasteiger partial charge in [0, 0.05) is 22.9 Å². The van der Waals surface area contributed by atoms with Gasteiger partial charge in [-0.05, 0) is 71.7 Å². The van der Waals surface area contributed by atoms with Crippen molar-refractivity contribution in [3.63, 3.8) is 0 Å². The fourth-order valence-electron chi connectivity index (χ4n) is 3.03. The average molecular weight is 435 g/mol. The van der Waals surface area contributed by atoms with Crippen LogP contribution in [0.25, 0.3) is 0 Å². The predicted octanol–water partition coefficient (Wildman–Crippen LogP) is 3.27. The Bertz CT molecular complexity index is 798. The number of nitrogens with zero attached hydrogens (tertiary/aromatic N) is 2. The highest BCUT2D eigenvalue weighted by Crippen LogP contribution is 2.19. The molecule has 1 aromatic carbocycles. The Balaban J connectivity index is 1.50. The van der Waals surface area contributed by atoms with Crippen LogP contribution in [0.3, 0.4) is 0 Å². The van der Waals surface area contributed by atoms with Gasteiger partial charge in [-0.25, -0.2) is 9.37 Å². The Morgan fingerprint density at radius 1 is 1.19 bits per heavy atom. The molecule has 27 heavy (non-hydrogen) atoms. The van der Waals surface area contributed by atoms with Gasteiger partial charge in [-0.1, -0.05) is 0 Å². The van der Waals surface area contributed by atoms with Crippen molar-refractivity contribution in [3.8, 4) is 0 Å². The van der Waals surface area contributed by atoms with Crippen LogP contribution in [0, 0.1) is 11.7 Å². The highest BCUT2D eigenvalue weighted by Gasteiger charge is 2.27. The number of rotatable bonds is 5. The molecule has 0 spiro atoms. The molecule has 0 radical (unpaired) electrons. The highest BCUT2D eigenvalue weighted by molar-refractivity contribution is 9.10. The van der Waals surface area contributed by atoms with Gasteiger partial charge in [0.15, 0.2) is 0 Å². The molecule has 2 aromatic rings. The van der Waals surface area contributed by atoms with Crippen LogP contribution in [-0.2, 0) is 9.59 Å². The molecule has 0 bridgehead atoms. The zero-order valence-corrected chi connectivity index (χ0v) is 16.2. The van der Waals surface area contributed by atoms with Crippen LogP contribution in [0.2, 0.25) is 0 Å². The third-order valence-corrected chi connectivity index (χ3v) is 4.82. The molecule has 2 N–H and O–H groups in total. The van der Waals surface area contributed by atoms with E-state index in [4.69, 9.17) is 0 Å². The molecule has 6 nitrogen and oxygen atoms in total. The van der Waals surface area contributed by atoms with Crippen LogP contribution in [0.4, 0.5) is 15.9 Å². The van der Waals surface area contributed by atoms with E-state index in [-0.39, 0.29) is 30.1 Å². The fraction of sp³-hybridized carbons (Fsp3) is 0.316. The van der Waals surface area contributed by atoms with Crippen LogP contribution in [0.15, 0.2) is 47.1 Å². The number of benzene rings is 1. The van der Waals surface area contributed by atoms with Gasteiger partial charge in [0.2, 0.25) is 11.8 Å². The maximum atomic E-state index is 12.9. The second kappa shape index (κ2) is 9.05. The van der Waals surface area contributed by atoms with Crippen LogP contribution in [0.1, 0.15) is 12.8 Å². The van der Waals surface area contributed by atoms with Crippen molar-refractivity contribution >= 4 is 39.2 Å². The normalized spacial score (nSPS) is 17.3. The lowest BCUT2D eigenvalue weighted by Gasteiger charge is -2.31. The maximum absolute atomic E-state index is 12.9. The summed E-state index contributed by atoms with van der Waals surface area (Å²) in [5, 5.41) is 5.57. The predicted molar refractivity (Wildman–Crippen MR) is 105 cm³/mol. The molecule has 1 atom stereocenters. The van der Waals surface area contributed by atoms with Gasteiger partial charge >= 0.3 is 0 Å². The van der Waals surface area contributed by atoms with E-state index < -0.39 is 0 Å². The minimum Gasteiger partial charge on any atom is -0.325 e. The minimum absolute atomic E-state index is 0.0894. The summed E-state index contributed by atoms with van der Waals surface area (Å²) in [6.45, 7) is 1.47. The summed E-state index contributed by atoms with van der Waals surface area (Å²) in [5.41, 5.74) is 0.550. The molecule has 1 unspecified atom stereocenters. The molecule has 2 amide bonds. The van der Waals surface area contributed by atoms with Crippen molar-refractivity contribution in [1.29, 1.82) is 0 Å². The van der Waals surface area contributed by atoms with Gasteiger partial charge in [0.05, 0.1) is 12.5 Å². The van der Waals surface area contributed by atoms with Gasteiger partial charge in [-0.3, -0.25) is 14.5 Å². The smallest absolute Gasteiger partial charge is 0.238 e. The number of likely N-dealkylation sites (tertiary alicyclic amines) is 1. The minimum atomic E-state index is -0.349. The second-order valence-electron chi connectivity index (χ2n) is 6.48. The fourth-order valence-corrected chi connectivity index (χ4v) is 3.26. The van der Waals surface area contributed by atoms with Crippen molar-refractivity contribution in [2.24, 2.45) is 5.92 Å². The molecular formula is C19H20BrFN4O2. The third kappa shape index (κ3) is 5.83. The summed E-state index contributed by atoms with van der Waals surface area (Å²) in [5.74, 6) is -0.305. The first-order chi connectivity index (χ1) is 13.0. The Morgan fingerprint density at radius 3 is 2.67 bits per heavy atom. The van der Waals surface area contributed by atoms with Gasteiger partial charge in [0.1, 0.15) is 11.6 Å². The molecule has 1 aliphatic rings. The van der Waals surface area contributed by atoms with Crippen LogP contribution < -0.4 is 10.6 Å². The zero-order valence-electron chi connectivity index (χ0n) is 14.6. The van der Waals surface area contributed by atoms with Crippen molar-refractivity contribution in [2.45, 2.75) is 12.8 Å². The molecule has 0 saturated carbocycles. The monoisotopic (exact) mass is 434 g/mol. The number of pyridine rings is 1. The first-order valence-corrected chi connectivity index (χ1v) is 9.49. The van der Waals surface area contributed by atoms with Gasteiger partial charge in [-0.15, -0.1) is 0 Å². The van der Waals surface area contributed by atoms with E-state index in [0.29, 0.717) is 18.1 Å². The van der Waals surface area contributed by atoms with Crippen molar-refractivity contribution in [1.82, 2.24) is 9.88 Å². The van der Waals surface area contributed by atoms with E-state index in [1.165, 1.54) is 24.3 Å². The second-order valence-corrected chi connectivity index (χ2v) is 7.40. The molecule has 2 heterocycles. The quantitative estimate of drug-likeness (QED) is 0.756. The summed E-state index contributed by atoms with van der Waals surface area (Å²) < 4.78 is 13.8. The number of aromatic nitrogens is 1. The topological polar surface area (TPSA) is 74.3 Å². The SMILES string of the molecule is O=C(CN1CCCC(C(=O)Nc2ccc(Br)cn2)C1)Nc1ccc(F)cc1. The largest absolute Gasteiger partial charge is 0.325 e. The number of piperidine rings is 1. The zero-order chi connectivity index (χ0) is 19.2. The molecule has 1 aromatic heterocycles. The lowest BCUT2D eigenvalue weighted by Crippen LogP contribution is -2.44. The van der Waals surface area contributed by atoms with Gasteiger partial charge in [-0.2, -0.15) is 0 Å². The number of carbonyl (C=O) groups is 2. The summed E-state index contributed by atoms with van der Waals surface area (Å²) in [7, 11) is 0. The van der Waals surface area contributed by atoms with Crippen molar-refractivity contribution in [3.05, 3.63) is 52.9 Å². The van der Waals surface area contributed by atoms with Crippen LogP contribution in [-0.4, -0.2) is 41.3 Å². The molecule has 0 aliphatic carbocycles. The van der Waals surface area contributed by atoms with E-state index in [2.05, 4.69) is 31.5 Å². The number of carbonyl (C=O) groups excluding carboxylic acids is 2. The number of nitrogens with one attached hydrogen (secondary N) is 2. The lowest BCUT2D eigenvalue weighted by atomic mass is 9.97. The van der Waals surface area contributed by atoms with Crippen molar-refractivity contribution < 1.29 is 14.0 Å². The number of amides is 2. The standard InChI is InChI=1S/C19H20BrFN4O2/c20-14-3-8-17(22-10-14)24-19(27)13-2-1-9-25(11-13)12-18(26)23-16-6-4-15(21)5-7-16/h3-8,10,13H,1-2,9,11-12H2,(H,23,26)(H,22,24,27). The van der Waals surface area contributed by atoms with Gasteiger partial charge < -0.3 is 10.6 Å². The summed E-state index contributed by atoms with van der Waals surface area (Å²) in [6.07, 6.45) is 3.25. The number of hydrogen-bond acceptors (Lipinski definition) is 4. The molecular weight excluding hydrogens is 415 g/mol. The van der Waals surface area contributed by atoms with E-state index in [1.54, 1.807) is 12.3 Å². The first-order valence-electron chi connectivity index (χ1n) is 8.70. The molecule has 1 saturated heterocycles. The highest BCUT2D eigenvalue weighted by atomic mass is 79.9. The Labute approximate surface area is 165 Å². The molecule has 8 heteroatoms. The van der Waals surface area contributed by atoms with Crippen LogP contribution in [0.5, 0.6) is 0 Å². The Morgan fingerprint density at radius 2 is 1.96 bits per heavy atom. The number of halogens is 2.